The van der Waals surface area contributed by atoms with Crippen LogP contribution in [0.1, 0.15) is 219 Å². The highest BCUT2D eigenvalue weighted by molar-refractivity contribution is 4.55. The summed E-state index contributed by atoms with van der Waals surface area (Å²) in [5.41, 5.74) is 0. The second kappa shape index (κ2) is 38.9. The fraction of sp³-hybridized carbons (Fsp3) is 1.00. The number of unbranched alkanes of at least 4 members (excludes halogenated alkanes) is 30. The number of nitrogens with one attached hydrogen (secondary N) is 2. The van der Waals surface area contributed by atoms with Crippen molar-refractivity contribution >= 4 is 0 Å². The normalized spacial score (nSPS) is 11.6. The molecule has 2 nitrogen and oxygen atoms in total. The van der Waals surface area contributed by atoms with Crippen LogP contribution in [0.25, 0.3) is 0 Å². The molecule has 0 spiro atoms. The summed E-state index contributed by atoms with van der Waals surface area (Å²) in [5.74, 6) is 0. The van der Waals surface area contributed by atoms with Gasteiger partial charge in [-0.25, -0.2) is 0 Å². The molecule has 0 atom stereocenters. The molecule has 0 heterocycles. The molecule has 0 aromatic carbocycles. The van der Waals surface area contributed by atoms with E-state index in [9.17, 15) is 0 Å². The number of rotatable bonds is 37. The molecule has 0 aromatic heterocycles. The van der Waals surface area contributed by atoms with Gasteiger partial charge in [-0.1, -0.05) is 206 Å². The fourth-order valence-electron chi connectivity index (χ4n) is 6.02. The zero-order chi connectivity index (χ0) is 28.9. The average molecular weight is 565 g/mol. The molecule has 0 aliphatic heterocycles. The zero-order valence-electron chi connectivity index (χ0n) is 28.5. The van der Waals surface area contributed by atoms with Crippen LogP contribution in [0, 0.1) is 0 Å². The first-order valence-electron chi connectivity index (χ1n) is 19.3. The predicted molar refractivity (Wildman–Crippen MR) is 185 cm³/mol. The second-order valence-corrected chi connectivity index (χ2v) is 13.1. The third-order valence-corrected chi connectivity index (χ3v) is 8.89. The van der Waals surface area contributed by atoms with E-state index in [-0.39, 0.29) is 0 Å². The van der Waals surface area contributed by atoms with Gasteiger partial charge in [-0.15, -0.1) is 0 Å². The van der Waals surface area contributed by atoms with Gasteiger partial charge in [0.15, 0.2) is 0 Å². The molecule has 0 aliphatic carbocycles. The van der Waals surface area contributed by atoms with Crippen molar-refractivity contribution in [3.63, 3.8) is 0 Å². The monoisotopic (exact) mass is 565 g/mol. The van der Waals surface area contributed by atoms with E-state index in [4.69, 9.17) is 0 Å². The standard InChI is InChI=1S/C38H80N2/c1-3-5-7-9-11-13-15-17-19-21-23-25-27-29-31-33-35-39-37-38-40-36-34-32-30-28-26-24-22-20-18-16-14-12-10-8-6-4-2/h39-40H,3-38H2,1-2H3. The van der Waals surface area contributed by atoms with Crippen LogP contribution in [0.2, 0.25) is 0 Å². The maximum atomic E-state index is 3.63. The summed E-state index contributed by atoms with van der Waals surface area (Å²) in [6.07, 6.45) is 46.4. The van der Waals surface area contributed by atoms with Crippen LogP contribution in [0.15, 0.2) is 0 Å². The van der Waals surface area contributed by atoms with Crippen molar-refractivity contribution in [1.29, 1.82) is 0 Å². The molecule has 0 unspecified atom stereocenters. The fourth-order valence-corrected chi connectivity index (χ4v) is 6.02. The van der Waals surface area contributed by atoms with Crippen molar-refractivity contribution in [1.82, 2.24) is 10.6 Å². The van der Waals surface area contributed by atoms with Crippen molar-refractivity contribution in [3.8, 4) is 0 Å². The summed E-state index contributed by atoms with van der Waals surface area (Å²) in [6, 6.07) is 0. The molecular formula is C38H80N2. The van der Waals surface area contributed by atoms with Crippen LogP contribution < -0.4 is 10.6 Å². The molecule has 0 fully saturated rings. The highest BCUT2D eigenvalue weighted by Gasteiger charge is 1.97. The Bertz CT molecular complexity index is 372. The van der Waals surface area contributed by atoms with Crippen molar-refractivity contribution in [2.45, 2.75) is 219 Å². The van der Waals surface area contributed by atoms with Crippen LogP contribution in [0.3, 0.4) is 0 Å². The molecule has 0 radical (unpaired) electrons. The molecular weight excluding hydrogens is 484 g/mol. The van der Waals surface area contributed by atoms with Crippen molar-refractivity contribution < 1.29 is 0 Å². The lowest BCUT2D eigenvalue weighted by Gasteiger charge is -2.07. The summed E-state index contributed by atoms with van der Waals surface area (Å²) in [4.78, 5) is 0. The van der Waals surface area contributed by atoms with Gasteiger partial charge in [-0.2, -0.15) is 0 Å². The van der Waals surface area contributed by atoms with E-state index in [2.05, 4.69) is 24.5 Å². The highest BCUT2D eigenvalue weighted by Crippen LogP contribution is 2.15. The van der Waals surface area contributed by atoms with Crippen LogP contribution in [-0.4, -0.2) is 26.2 Å². The molecule has 0 aromatic rings. The van der Waals surface area contributed by atoms with E-state index >= 15 is 0 Å². The summed E-state index contributed by atoms with van der Waals surface area (Å²) in [5, 5.41) is 7.26. The molecule has 2 N–H and O–H groups in total. The Morgan fingerprint density at radius 2 is 0.375 bits per heavy atom. The Morgan fingerprint density at radius 3 is 0.575 bits per heavy atom. The quantitative estimate of drug-likeness (QED) is 0.0733. The molecule has 2 heteroatoms. The summed E-state index contributed by atoms with van der Waals surface area (Å²) in [7, 11) is 0. The molecule has 40 heavy (non-hydrogen) atoms. The first kappa shape index (κ1) is 39.9. The third kappa shape index (κ3) is 37.9. The Hall–Kier alpha value is -0.0800. The Balaban J connectivity index is 3.01. The van der Waals surface area contributed by atoms with Gasteiger partial charge >= 0.3 is 0 Å². The largest absolute Gasteiger partial charge is 0.315 e. The molecule has 0 saturated heterocycles. The minimum atomic E-state index is 1.14. The Morgan fingerprint density at radius 1 is 0.200 bits per heavy atom. The predicted octanol–water partition coefficient (Wildman–Crippen LogP) is 12.7. The summed E-state index contributed by atoms with van der Waals surface area (Å²) in [6.45, 7) is 9.30. The zero-order valence-corrected chi connectivity index (χ0v) is 28.5. The van der Waals surface area contributed by atoms with Gasteiger partial charge in [0.25, 0.3) is 0 Å². The van der Waals surface area contributed by atoms with E-state index in [1.165, 1.54) is 219 Å². The van der Waals surface area contributed by atoms with E-state index in [1.807, 2.05) is 0 Å². The first-order valence-corrected chi connectivity index (χ1v) is 19.3. The van der Waals surface area contributed by atoms with E-state index < -0.39 is 0 Å². The Labute approximate surface area is 255 Å². The maximum absolute atomic E-state index is 3.63. The third-order valence-electron chi connectivity index (χ3n) is 8.89. The van der Waals surface area contributed by atoms with Crippen molar-refractivity contribution in [2.24, 2.45) is 0 Å². The van der Waals surface area contributed by atoms with Gasteiger partial charge in [0.05, 0.1) is 0 Å². The maximum Gasteiger partial charge on any atom is 0.00767 e. The molecule has 0 bridgehead atoms. The lowest BCUT2D eigenvalue weighted by molar-refractivity contribution is 0.517. The van der Waals surface area contributed by atoms with Crippen LogP contribution in [0.5, 0.6) is 0 Å². The van der Waals surface area contributed by atoms with Gasteiger partial charge in [0.1, 0.15) is 0 Å². The van der Waals surface area contributed by atoms with Crippen LogP contribution in [0.4, 0.5) is 0 Å². The average Bonchev–Trinajstić information content (AvgIpc) is 2.97. The van der Waals surface area contributed by atoms with E-state index in [0.717, 1.165) is 13.1 Å². The molecule has 242 valence electrons. The SMILES string of the molecule is CCCCCCCCCCCCCCCCCCNCCNCCCCCCCCCCCCCCCCCC. The van der Waals surface area contributed by atoms with Gasteiger partial charge in [0.2, 0.25) is 0 Å². The number of hydrogen-bond acceptors (Lipinski definition) is 2. The Kier molecular flexibility index (Phi) is 38.8. The molecule has 0 amide bonds. The molecule has 0 saturated carbocycles. The van der Waals surface area contributed by atoms with Crippen molar-refractivity contribution in [3.05, 3.63) is 0 Å². The second-order valence-electron chi connectivity index (χ2n) is 13.1. The van der Waals surface area contributed by atoms with E-state index in [1.54, 1.807) is 0 Å². The minimum absolute atomic E-state index is 1.14. The summed E-state index contributed by atoms with van der Waals surface area (Å²) >= 11 is 0. The van der Waals surface area contributed by atoms with Gasteiger partial charge in [-0.05, 0) is 25.9 Å². The highest BCUT2D eigenvalue weighted by atomic mass is 14.9. The number of hydrogen-bond donors (Lipinski definition) is 2. The topological polar surface area (TPSA) is 24.1 Å². The van der Waals surface area contributed by atoms with E-state index in [0.29, 0.717) is 0 Å². The smallest absolute Gasteiger partial charge is 0.00767 e. The van der Waals surface area contributed by atoms with Crippen LogP contribution >= 0.6 is 0 Å². The van der Waals surface area contributed by atoms with Gasteiger partial charge in [-0.3, -0.25) is 0 Å². The lowest BCUT2D eigenvalue weighted by Crippen LogP contribution is -2.28. The van der Waals surface area contributed by atoms with Crippen LogP contribution in [-0.2, 0) is 0 Å². The lowest BCUT2D eigenvalue weighted by atomic mass is 10.0. The summed E-state index contributed by atoms with van der Waals surface area (Å²) < 4.78 is 0. The first-order chi connectivity index (χ1) is 19.9. The van der Waals surface area contributed by atoms with Gasteiger partial charge in [0, 0.05) is 13.1 Å². The van der Waals surface area contributed by atoms with Crippen molar-refractivity contribution in [2.75, 3.05) is 26.2 Å². The molecule has 0 rings (SSSR count). The van der Waals surface area contributed by atoms with Gasteiger partial charge < -0.3 is 10.6 Å². The molecule has 0 aliphatic rings. The minimum Gasteiger partial charge on any atom is -0.315 e.